The van der Waals surface area contributed by atoms with E-state index in [4.69, 9.17) is 4.74 Å². The molecule has 0 spiro atoms. The number of carbonyl (C=O) groups is 3. The third kappa shape index (κ3) is 3.49. The third-order valence-corrected chi connectivity index (χ3v) is 3.62. The number of carboxylic acids is 1. The molecular weight excluding hydrogens is 262 g/mol. The first-order valence-corrected chi connectivity index (χ1v) is 6.87. The van der Waals surface area contributed by atoms with E-state index in [2.05, 4.69) is 0 Å². The summed E-state index contributed by atoms with van der Waals surface area (Å²) in [5.74, 6) is -1.41. The highest BCUT2D eigenvalue weighted by Gasteiger charge is 2.46. The summed E-state index contributed by atoms with van der Waals surface area (Å²) in [6, 6.07) is 0. The van der Waals surface area contributed by atoms with Gasteiger partial charge in [-0.2, -0.15) is 0 Å². The zero-order chi connectivity index (χ0) is 15.6. The topological polar surface area (TPSA) is 83.9 Å². The number of aliphatic carboxylic acids is 1. The number of ketones is 1. The first-order valence-electron chi connectivity index (χ1n) is 6.87. The molecule has 1 aliphatic heterocycles. The number of hydrogen-bond donors (Lipinski definition) is 1. The summed E-state index contributed by atoms with van der Waals surface area (Å²) >= 11 is 0. The van der Waals surface area contributed by atoms with Gasteiger partial charge < -0.3 is 14.7 Å². The molecule has 1 atom stereocenters. The lowest BCUT2D eigenvalue weighted by Crippen LogP contribution is -2.40. The Morgan fingerprint density at radius 2 is 1.95 bits per heavy atom. The standard InChI is InChI=1S/C14H23NO5/c1-5-14(11(17)18)7-9-15(8-6-10(14)16)12(19)20-13(2,3)4/h5-9H2,1-4H3,(H,17,18). The molecule has 1 rings (SSSR count). The number of nitrogens with zero attached hydrogens (tertiary/aromatic N) is 1. The highest BCUT2D eigenvalue weighted by Crippen LogP contribution is 2.32. The van der Waals surface area contributed by atoms with E-state index in [1.165, 1.54) is 4.90 Å². The zero-order valence-electron chi connectivity index (χ0n) is 12.6. The average Bonchev–Trinajstić information content (AvgIpc) is 2.47. The minimum Gasteiger partial charge on any atom is -0.480 e. The van der Waals surface area contributed by atoms with E-state index in [1.807, 2.05) is 0 Å². The Kier molecular flexibility index (Phi) is 4.78. The Balaban J connectivity index is 2.83. The van der Waals surface area contributed by atoms with Crippen LogP contribution in [0.1, 0.15) is 47.0 Å². The summed E-state index contributed by atoms with van der Waals surface area (Å²) < 4.78 is 5.26. The molecule has 1 aliphatic rings. The summed E-state index contributed by atoms with van der Waals surface area (Å²) in [7, 11) is 0. The molecule has 0 aromatic heterocycles. The van der Waals surface area contributed by atoms with Crippen LogP contribution >= 0.6 is 0 Å². The largest absolute Gasteiger partial charge is 0.480 e. The molecule has 6 heteroatoms. The molecule has 0 aromatic rings. The molecule has 20 heavy (non-hydrogen) atoms. The van der Waals surface area contributed by atoms with Crippen LogP contribution in [0.15, 0.2) is 0 Å². The lowest BCUT2D eigenvalue weighted by molar-refractivity contribution is -0.155. The maximum Gasteiger partial charge on any atom is 0.410 e. The monoisotopic (exact) mass is 285 g/mol. The van der Waals surface area contributed by atoms with Crippen molar-refractivity contribution in [3.8, 4) is 0 Å². The van der Waals surface area contributed by atoms with E-state index in [0.29, 0.717) is 0 Å². The molecule has 114 valence electrons. The molecule has 1 saturated heterocycles. The highest BCUT2D eigenvalue weighted by molar-refractivity contribution is 6.03. The Morgan fingerprint density at radius 1 is 1.35 bits per heavy atom. The Labute approximate surface area is 119 Å². The average molecular weight is 285 g/mol. The lowest BCUT2D eigenvalue weighted by Gasteiger charge is -2.27. The van der Waals surface area contributed by atoms with Gasteiger partial charge in [-0.15, -0.1) is 0 Å². The predicted molar refractivity (Wildman–Crippen MR) is 72.4 cm³/mol. The van der Waals surface area contributed by atoms with Gasteiger partial charge in [-0.05, 0) is 33.6 Å². The van der Waals surface area contributed by atoms with Crippen LogP contribution in [0.25, 0.3) is 0 Å². The van der Waals surface area contributed by atoms with Crippen LogP contribution in [0, 0.1) is 5.41 Å². The number of Topliss-reactive ketones (excluding diaryl/α,β-unsaturated/α-hetero) is 1. The smallest absolute Gasteiger partial charge is 0.410 e. The van der Waals surface area contributed by atoms with Gasteiger partial charge in [-0.1, -0.05) is 6.92 Å². The summed E-state index contributed by atoms with van der Waals surface area (Å²) in [5, 5.41) is 9.34. The van der Waals surface area contributed by atoms with Crippen LogP contribution in [-0.2, 0) is 14.3 Å². The maximum absolute atomic E-state index is 12.1. The minimum absolute atomic E-state index is 0.0549. The summed E-state index contributed by atoms with van der Waals surface area (Å²) in [5.41, 5.74) is -1.97. The van der Waals surface area contributed by atoms with Gasteiger partial charge >= 0.3 is 12.1 Å². The summed E-state index contributed by atoms with van der Waals surface area (Å²) in [6.07, 6.45) is -0.0674. The number of likely N-dealkylation sites (tertiary alicyclic amines) is 1. The minimum atomic E-state index is -1.36. The van der Waals surface area contributed by atoms with Crippen LogP contribution in [0.3, 0.4) is 0 Å². The van der Waals surface area contributed by atoms with Crippen molar-refractivity contribution < 1.29 is 24.2 Å². The van der Waals surface area contributed by atoms with Gasteiger partial charge in [-0.3, -0.25) is 9.59 Å². The molecule has 0 bridgehead atoms. The van der Waals surface area contributed by atoms with Crippen molar-refractivity contribution in [1.82, 2.24) is 4.90 Å². The van der Waals surface area contributed by atoms with Crippen molar-refractivity contribution in [3.63, 3.8) is 0 Å². The second kappa shape index (κ2) is 5.81. The van der Waals surface area contributed by atoms with Crippen LogP contribution in [0.4, 0.5) is 4.79 Å². The molecule has 0 saturated carbocycles. The lowest BCUT2D eigenvalue weighted by atomic mass is 9.77. The van der Waals surface area contributed by atoms with Gasteiger partial charge in [0.25, 0.3) is 0 Å². The van der Waals surface area contributed by atoms with Crippen molar-refractivity contribution >= 4 is 17.8 Å². The summed E-state index contributed by atoms with van der Waals surface area (Å²) in [4.78, 5) is 36.9. The van der Waals surface area contributed by atoms with E-state index < -0.39 is 23.1 Å². The fourth-order valence-electron chi connectivity index (χ4n) is 2.31. The van der Waals surface area contributed by atoms with Crippen molar-refractivity contribution in [1.29, 1.82) is 0 Å². The Morgan fingerprint density at radius 3 is 2.40 bits per heavy atom. The zero-order valence-corrected chi connectivity index (χ0v) is 12.6. The van der Waals surface area contributed by atoms with E-state index in [-0.39, 0.29) is 38.1 Å². The Bertz CT molecular complexity index is 412. The van der Waals surface area contributed by atoms with Crippen molar-refractivity contribution in [2.45, 2.75) is 52.6 Å². The second-order valence-electron chi connectivity index (χ2n) is 6.13. The molecule has 1 amide bonds. The molecule has 6 nitrogen and oxygen atoms in total. The number of rotatable bonds is 2. The van der Waals surface area contributed by atoms with Crippen LogP contribution in [0.5, 0.6) is 0 Å². The number of hydrogen-bond acceptors (Lipinski definition) is 4. The normalized spacial score (nSPS) is 24.2. The van der Waals surface area contributed by atoms with Gasteiger partial charge in [0.1, 0.15) is 11.0 Å². The van der Waals surface area contributed by atoms with E-state index in [1.54, 1.807) is 27.7 Å². The fraction of sp³-hybridized carbons (Fsp3) is 0.786. The van der Waals surface area contributed by atoms with Crippen molar-refractivity contribution in [3.05, 3.63) is 0 Å². The van der Waals surface area contributed by atoms with E-state index in [9.17, 15) is 19.5 Å². The fourth-order valence-corrected chi connectivity index (χ4v) is 2.31. The van der Waals surface area contributed by atoms with Crippen molar-refractivity contribution in [2.75, 3.05) is 13.1 Å². The molecule has 0 aliphatic carbocycles. The second-order valence-corrected chi connectivity index (χ2v) is 6.13. The van der Waals surface area contributed by atoms with Gasteiger partial charge in [0.05, 0.1) is 0 Å². The molecule has 0 aromatic carbocycles. The van der Waals surface area contributed by atoms with Crippen molar-refractivity contribution in [2.24, 2.45) is 5.41 Å². The Hall–Kier alpha value is -1.59. The maximum atomic E-state index is 12.1. The first kappa shape index (κ1) is 16.5. The van der Waals surface area contributed by atoms with Gasteiger partial charge in [0.2, 0.25) is 0 Å². The van der Waals surface area contributed by atoms with Gasteiger partial charge in [0.15, 0.2) is 5.78 Å². The van der Waals surface area contributed by atoms with Crippen LogP contribution in [-0.4, -0.2) is 46.5 Å². The first-order chi connectivity index (χ1) is 9.12. The molecule has 1 unspecified atom stereocenters. The number of ether oxygens (including phenoxy) is 1. The number of amides is 1. The SMILES string of the molecule is CCC1(C(=O)O)CCN(C(=O)OC(C)(C)C)CCC1=O. The third-order valence-electron chi connectivity index (χ3n) is 3.62. The highest BCUT2D eigenvalue weighted by atomic mass is 16.6. The molecule has 1 N–H and O–H groups in total. The predicted octanol–water partition coefficient (Wildman–Crippen LogP) is 2.07. The quantitative estimate of drug-likeness (QED) is 0.785. The summed E-state index contributed by atoms with van der Waals surface area (Å²) in [6.45, 7) is 7.42. The van der Waals surface area contributed by atoms with Crippen LogP contribution < -0.4 is 0 Å². The van der Waals surface area contributed by atoms with Crippen LogP contribution in [0.2, 0.25) is 0 Å². The van der Waals surface area contributed by atoms with E-state index >= 15 is 0 Å². The molecule has 1 fully saturated rings. The number of carboxylic acid groups (broad SMARTS) is 1. The molecular formula is C14H23NO5. The van der Waals surface area contributed by atoms with Gasteiger partial charge in [0, 0.05) is 19.5 Å². The molecule has 1 heterocycles. The number of carbonyl (C=O) groups excluding carboxylic acids is 2. The van der Waals surface area contributed by atoms with E-state index in [0.717, 1.165) is 0 Å². The van der Waals surface area contributed by atoms with Gasteiger partial charge in [-0.25, -0.2) is 4.79 Å². The molecule has 0 radical (unpaired) electrons.